The topological polar surface area (TPSA) is 85.6 Å². The second-order valence-electron chi connectivity index (χ2n) is 9.62. The molecule has 0 saturated carbocycles. The molecule has 0 radical (unpaired) electrons. The van der Waals surface area contributed by atoms with Crippen molar-refractivity contribution in [2.45, 2.75) is 45.8 Å². The molecule has 0 atom stereocenters. The monoisotopic (exact) mass is 544 g/mol. The molecule has 2 aromatic carbocycles. The number of amides is 1. The molecule has 7 nitrogen and oxygen atoms in total. The summed E-state index contributed by atoms with van der Waals surface area (Å²) in [4.78, 5) is 25.4. The lowest BCUT2D eigenvalue weighted by Gasteiger charge is -2.12. The molecule has 3 heterocycles. The predicted octanol–water partition coefficient (Wildman–Crippen LogP) is 6.80. The van der Waals surface area contributed by atoms with Crippen molar-refractivity contribution in [3.63, 3.8) is 0 Å². The lowest BCUT2D eigenvalue weighted by Crippen LogP contribution is -2.18. The number of halogens is 3. The minimum Gasteiger partial charge on any atom is -0.320 e. The van der Waals surface area contributed by atoms with E-state index in [1.54, 1.807) is 36.0 Å². The summed E-state index contributed by atoms with van der Waals surface area (Å²) in [5, 5.41) is 7.27. The van der Waals surface area contributed by atoms with Crippen molar-refractivity contribution < 1.29 is 18.0 Å². The maximum absolute atomic E-state index is 13.1. The molecule has 0 aliphatic rings. The van der Waals surface area contributed by atoms with Crippen LogP contribution in [0.3, 0.4) is 0 Å². The van der Waals surface area contributed by atoms with Crippen molar-refractivity contribution in [1.29, 1.82) is 0 Å². The van der Waals surface area contributed by atoms with Crippen molar-refractivity contribution in [1.82, 2.24) is 24.7 Å². The molecular weight excluding hydrogens is 517 g/mol. The zero-order chi connectivity index (χ0) is 28.3. The Bertz CT molecular complexity index is 1660. The normalized spacial score (nSPS) is 11.6. The molecule has 0 fully saturated rings. The smallest absolute Gasteiger partial charge is 0.320 e. The number of nitrogens with one attached hydrogen (secondary N) is 1. The van der Waals surface area contributed by atoms with E-state index in [1.165, 1.54) is 11.8 Å². The van der Waals surface area contributed by atoms with E-state index < -0.39 is 11.9 Å². The number of unbranched alkanes of at least 4 members (excludes halogenated alkanes) is 1. The Hall–Kier alpha value is -4.60. The van der Waals surface area contributed by atoms with Crippen LogP contribution in [0.4, 0.5) is 18.9 Å². The van der Waals surface area contributed by atoms with E-state index in [1.807, 2.05) is 31.2 Å². The van der Waals surface area contributed by atoms with E-state index in [-0.39, 0.29) is 11.4 Å². The summed E-state index contributed by atoms with van der Waals surface area (Å²) in [6.45, 7) is 4.05. The van der Waals surface area contributed by atoms with E-state index in [4.69, 9.17) is 0 Å². The van der Waals surface area contributed by atoms with Gasteiger partial charge in [0, 0.05) is 24.0 Å². The van der Waals surface area contributed by atoms with Crippen LogP contribution >= 0.6 is 0 Å². The summed E-state index contributed by atoms with van der Waals surface area (Å²) in [5.74, 6) is 0.0900. The minimum atomic E-state index is -4.55. The van der Waals surface area contributed by atoms with Gasteiger partial charge in [0.05, 0.1) is 11.7 Å². The summed E-state index contributed by atoms with van der Waals surface area (Å²) in [7, 11) is 0. The van der Waals surface area contributed by atoms with Crippen LogP contribution in [0.25, 0.3) is 22.4 Å². The van der Waals surface area contributed by atoms with Gasteiger partial charge >= 0.3 is 6.18 Å². The van der Waals surface area contributed by atoms with Crippen LogP contribution in [0.2, 0.25) is 0 Å². The van der Waals surface area contributed by atoms with Gasteiger partial charge in [-0.15, -0.1) is 0 Å². The van der Waals surface area contributed by atoms with E-state index in [0.717, 1.165) is 30.9 Å². The molecule has 5 aromatic rings. The van der Waals surface area contributed by atoms with Gasteiger partial charge in [0.25, 0.3) is 5.91 Å². The highest BCUT2D eigenvalue weighted by Crippen LogP contribution is 2.31. The summed E-state index contributed by atoms with van der Waals surface area (Å²) in [6.07, 6.45) is 1.22. The SMILES string of the molecule is Cc1cc(-c2ncc3nc(C(F)(F)F)cc(C)c3n2)ccc1NC(=O)c1ccnn1CCCCc1ccccc1. The third kappa shape index (κ3) is 6.01. The fourth-order valence-electron chi connectivity index (χ4n) is 4.54. The largest absolute Gasteiger partial charge is 0.433 e. The molecular formula is C30H27F3N6O. The molecule has 10 heteroatoms. The number of aromatic nitrogens is 5. The standard InChI is InChI=1S/C30H27F3N6O/c1-19-16-22(28-34-18-24-27(38-28)20(2)17-26(36-24)30(31,32)33)11-12-23(19)37-29(40)25-13-14-35-39(25)15-7-6-10-21-8-4-3-5-9-21/h3-5,8-9,11-14,16-18H,6-7,10,15H2,1-2H3,(H,37,40). The Labute approximate surface area is 229 Å². The number of hydrogen-bond acceptors (Lipinski definition) is 5. The van der Waals surface area contributed by atoms with Crippen LogP contribution in [0, 0.1) is 13.8 Å². The Balaban J connectivity index is 1.27. The third-order valence-electron chi connectivity index (χ3n) is 6.64. The number of fused-ring (bicyclic) bond motifs is 1. The van der Waals surface area contributed by atoms with E-state index in [2.05, 4.69) is 37.5 Å². The summed E-state index contributed by atoms with van der Waals surface area (Å²) < 4.78 is 41.1. The molecule has 204 valence electrons. The second-order valence-corrected chi connectivity index (χ2v) is 9.62. The lowest BCUT2D eigenvalue weighted by atomic mass is 10.1. The lowest BCUT2D eigenvalue weighted by molar-refractivity contribution is -0.141. The maximum atomic E-state index is 13.1. The molecule has 0 unspecified atom stereocenters. The Kier molecular flexibility index (Phi) is 7.59. The number of benzene rings is 2. The van der Waals surface area contributed by atoms with Gasteiger partial charge < -0.3 is 5.32 Å². The molecule has 5 rings (SSSR count). The number of alkyl halides is 3. The number of carbonyl (C=O) groups excluding carboxylic acids is 1. The molecule has 1 N–H and O–H groups in total. The minimum absolute atomic E-state index is 0.0772. The van der Waals surface area contributed by atoms with Gasteiger partial charge in [0.1, 0.15) is 16.9 Å². The highest BCUT2D eigenvalue weighted by Gasteiger charge is 2.33. The number of hydrogen-bond donors (Lipinski definition) is 1. The average molecular weight is 545 g/mol. The van der Waals surface area contributed by atoms with E-state index >= 15 is 0 Å². The van der Waals surface area contributed by atoms with Gasteiger partial charge in [-0.25, -0.2) is 15.0 Å². The van der Waals surface area contributed by atoms with Crippen LogP contribution in [-0.4, -0.2) is 30.6 Å². The Morgan fingerprint density at radius 1 is 0.950 bits per heavy atom. The van der Waals surface area contributed by atoms with E-state index in [0.29, 0.717) is 40.4 Å². The highest BCUT2D eigenvalue weighted by atomic mass is 19.4. The summed E-state index contributed by atoms with van der Waals surface area (Å²) in [6, 6.07) is 18.3. The number of carbonyl (C=O) groups is 1. The highest BCUT2D eigenvalue weighted by molar-refractivity contribution is 6.03. The molecule has 0 aliphatic carbocycles. The molecule has 0 spiro atoms. The van der Waals surface area contributed by atoms with Gasteiger partial charge in [-0.05, 0) is 80.1 Å². The van der Waals surface area contributed by atoms with Gasteiger partial charge in [0.2, 0.25) is 0 Å². The maximum Gasteiger partial charge on any atom is 0.433 e. The van der Waals surface area contributed by atoms with Crippen LogP contribution in [-0.2, 0) is 19.1 Å². The Morgan fingerprint density at radius 3 is 2.50 bits per heavy atom. The third-order valence-corrected chi connectivity index (χ3v) is 6.64. The number of pyridine rings is 1. The van der Waals surface area contributed by atoms with Crippen molar-refractivity contribution in [2.24, 2.45) is 0 Å². The molecule has 1 amide bonds. The van der Waals surface area contributed by atoms with Gasteiger partial charge in [0.15, 0.2) is 5.82 Å². The molecule has 0 aliphatic heterocycles. The van der Waals surface area contributed by atoms with Crippen LogP contribution < -0.4 is 5.32 Å². The number of aryl methyl sites for hydroxylation is 4. The van der Waals surface area contributed by atoms with Crippen molar-refractivity contribution in [3.05, 3.63) is 101 Å². The van der Waals surface area contributed by atoms with Gasteiger partial charge in [-0.3, -0.25) is 9.48 Å². The first-order valence-corrected chi connectivity index (χ1v) is 12.9. The first-order valence-electron chi connectivity index (χ1n) is 12.9. The van der Waals surface area contributed by atoms with Crippen LogP contribution in [0.1, 0.15) is 45.7 Å². The summed E-state index contributed by atoms with van der Waals surface area (Å²) in [5.41, 5.74) is 3.65. The second kappa shape index (κ2) is 11.3. The first-order chi connectivity index (χ1) is 19.2. The molecule has 0 bridgehead atoms. The average Bonchev–Trinajstić information content (AvgIpc) is 3.41. The number of anilines is 1. The first kappa shape index (κ1) is 27.0. The fraction of sp³-hybridized carbons (Fsp3) is 0.233. The van der Waals surface area contributed by atoms with Gasteiger partial charge in [-0.2, -0.15) is 18.3 Å². The quantitative estimate of drug-likeness (QED) is 0.217. The zero-order valence-corrected chi connectivity index (χ0v) is 22.0. The van der Waals surface area contributed by atoms with Crippen LogP contribution in [0.15, 0.2) is 73.1 Å². The zero-order valence-electron chi connectivity index (χ0n) is 22.0. The van der Waals surface area contributed by atoms with Crippen molar-refractivity contribution in [2.75, 3.05) is 5.32 Å². The fourth-order valence-corrected chi connectivity index (χ4v) is 4.54. The number of rotatable bonds is 8. The molecule has 40 heavy (non-hydrogen) atoms. The molecule has 3 aromatic heterocycles. The number of nitrogens with zero attached hydrogens (tertiary/aromatic N) is 5. The predicted molar refractivity (Wildman–Crippen MR) is 147 cm³/mol. The Morgan fingerprint density at radius 2 is 1.75 bits per heavy atom. The van der Waals surface area contributed by atoms with Crippen molar-refractivity contribution in [3.8, 4) is 11.4 Å². The van der Waals surface area contributed by atoms with E-state index in [9.17, 15) is 18.0 Å². The summed E-state index contributed by atoms with van der Waals surface area (Å²) >= 11 is 0. The molecule has 0 saturated heterocycles. The van der Waals surface area contributed by atoms with Crippen LogP contribution in [0.5, 0.6) is 0 Å². The van der Waals surface area contributed by atoms with Gasteiger partial charge in [-0.1, -0.05) is 30.3 Å². The van der Waals surface area contributed by atoms with Crippen molar-refractivity contribution >= 4 is 22.6 Å².